The van der Waals surface area contributed by atoms with Crippen molar-refractivity contribution in [3.63, 3.8) is 0 Å². The van der Waals surface area contributed by atoms with Crippen LogP contribution in [0.1, 0.15) is 66.8 Å². The predicted octanol–water partition coefficient (Wildman–Crippen LogP) is 10.1. The first-order valence-corrected chi connectivity index (χ1v) is 20.7. The Morgan fingerprint density at radius 3 is 2.11 bits per heavy atom. The number of fused-ring (bicyclic) bond motifs is 2. The predicted molar refractivity (Wildman–Crippen MR) is 239 cm³/mol. The number of nitrogens with zero attached hydrogens (tertiary/aromatic N) is 7. The van der Waals surface area contributed by atoms with Crippen LogP contribution in [0.3, 0.4) is 0 Å². The molecule has 5 N–H and O–H groups in total. The number of aromatic nitrogens is 7. The molecule has 1 aliphatic heterocycles. The van der Waals surface area contributed by atoms with Crippen LogP contribution in [-0.4, -0.2) is 72.4 Å². The number of nitrogens with one attached hydrogen (secondary N) is 3. The van der Waals surface area contributed by atoms with E-state index in [4.69, 9.17) is 10.5 Å². The number of nitrogens with two attached hydrogens (primary N) is 1. The fraction of sp³-hybridized carbons (Fsp3) is 0.283. The van der Waals surface area contributed by atoms with Crippen molar-refractivity contribution >= 4 is 56.8 Å². The highest BCUT2D eigenvalue weighted by Crippen LogP contribution is 2.34. The lowest BCUT2D eigenvalue weighted by atomic mass is 9.99. The zero-order chi connectivity index (χ0) is 47.8. The maximum Gasteiger partial charge on any atom is 0.416 e. The molecule has 0 bridgehead atoms. The van der Waals surface area contributed by atoms with Crippen molar-refractivity contribution in [2.75, 3.05) is 28.7 Å². The van der Waals surface area contributed by atoms with E-state index in [-0.39, 0.29) is 24.6 Å². The van der Waals surface area contributed by atoms with Gasteiger partial charge in [0.2, 0.25) is 5.91 Å². The van der Waals surface area contributed by atoms with Crippen LogP contribution in [0.25, 0.3) is 44.1 Å². The van der Waals surface area contributed by atoms with Crippen LogP contribution in [0, 0.1) is 13.8 Å². The minimum absolute atomic E-state index is 0.0559. The molecule has 344 valence electrons. The van der Waals surface area contributed by atoms with E-state index in [1.54, 1.807) is 57.0 Å². The van der Waals surface area contributed by atoms with Gasteiger partial charge in [-0.05, 0) is 86.7 Å². The van der Waals surface area contributed by atoms with Gasteiger partial charge in [0.1, 0.15) is 17.3 Å². The molecule has 0 saturated carbocycles. The summed E-state index contributed by atoms with van der Waals surface area (Å²) < 4.78 is 82.6. The number of aryl methyl sites for hydroxylation is 2. The van der Waals surface area contributed by atoms with Crippen molar-refractivity contribution in [2.45, 2.75) is 77.9 Å². The van der Waals surface area contributed by atoms with Crippen molar-refractivity contribution in [3.8, 4) is 22.3 Å². The van der Waals surface area contributed by atoms with Gasteiger partial charge in [0.05, 0.1) is 34.8 Å². The zero-order valence-electron chi connectivity index (χ0n) is 36.3. The molecule has 1 aliphatic rings. The summed E-state index contributed by atoms with van der Waals surface area (Å²) in [5.74, 6) is -0.0836. The number of carbonyl (C=O) groups excluding carboxylic acids is 2. The molecule has 1 fully saturated rings. The number of halogens is 6. The van der Waals surface area contributed by atoms with Crippen LogP contribution in [0.15, 0.2) is 91.6 Å². The lowest BCUT2D eigenvalue weighted by Gasteiger charge is -2.31. The number of pyridine rings is 5. The number of ether oxygens (including phenoxy) is 1. The molecule has 14 nitrogen and oxygen atoms in total. The zero-order valence-corrected chi connectivity index (χ0v) is 36.3. The van der Waals surface area contributed by atoms with Gasteiger partial charge in [-0.2, -0.15) is 31.4 Å². The van der Waals surface area contributed by atoms with Gasteiger partial charge in [0, 0.05) is 83.3 Å². The van der Waals surface area contributed by atoms with E-state index >= 15 is 0 Å². The molecule has 0 aliphatic carbocycles. The third kappa shape index (κ3) is 12.1. The van der Waals surface area contributed by atoms with Gasteiger partial charge in [-0.3, -0.25) is 24.5 Å². The fourth-order valence-electron chi connectivity index (χ4n) is 6.93. The first kappa shape index (κ1) is 48.1. The molecule has 1 aromatic carbocycles. The van der Waals surface area contributed by atoms with E-state index in [2.05, 4.69) is 51.1 Å². The highest BCUT2D eigenvalue weighted by molar-refractivity contribution is 6.02. The van der Waals surface area contributed by atoms with E-state index < -0.39 is 41.7 Å². The Labute approximate surface area is 374 Å². The number of hydrogen-bond acceptors (Lipinski definition) is 12. The van der Waals surface area contributed by atoms with Crippen LogP contribution >= 0.6 is 0 Å². The van der Waals surface area contributed by atoms with Crippen LogP contribution < -0.4 is 21.7 Å². The number of hydrogen-bond donors (Lipinski definition) is 4. The first-order chi connectivity index (χ1) is 31.4. The molecule has 20 heteroatoms. The summed E-state index contributed by atoms with van der Waals surface area (Å²) in [6, 6.07) is 15.8. The smallest absolute Gasteiger partial charge is 0.384 e. The Kier molecular flexibility index (Phi) is 15.1. The standard InChI is InChI=1S/C24H25F3N4O2.C20H14F3N7O.C2H6/c1-14-6-7-17(31-23(32)10-18-4-3-5-21(33-18)24(25,26)27)9-19(14)15-8-16-13-30-22(28-2)11-20(16)29-12-15;1-10-14(11-4-12-9-27-17(24)7-15(12)26-8-11)6-18(30-29-10)28-19(31)16-5-13(2-3-25-16)20(21,22)23;1-2/h6-9,11-13,18,21H,3-5,10H2,1-2H3,(H,28,30)(H,31,32);2-9H,1H3,(H2,24,27)(H,28,30,31);1-2H3. The SMILES string of the molecule is CC.CNc1cc2ncc(-c3cc(NC(=O)CC4CCCC(C(F)(F)F)O4)ccc3C)cc2cn1.Cc1nnc(NC(=O)c2cc(C(F)(F)F)ccn2)cc1-c1cnc2cc(N)ncc2c1. The molecule has 0 spiro atoms. The molecule has 0 radical (unpaired) electrons. The van der Waals surface area contributed by atoms with E-state index in [0.29, 0.717) is 52.8 Å². The summed E-state index contributed by atoms with van der Waals surface area (Å²) in [5, 5.41) is 17.8. The molecule has 2 unspecified atom stereocenters. The molecule has 6 aromatic heterocycles. The third-order valence-electron chi connectivity index (χ3n) is 10.2. The van der Waals surface area contributed by atoms with E-state index in [1.165, 1.54) is 0 Å². The Bertz CT molecular complexity index is 2860. The minimum Gasteiger partial charge on any atom is -0.384 e. The molecule has 1 saturated heterocycles. The second-order valence-electron chi connectivity index (χ2n) is 14.9. The third-order valence-corrected chi connectivity index (χ3v) is 10.2. The Balaban J connectivity index is 0.000000211. The van der Waals surface area contributed by atoms with Gasteiger partial charge in [0.15, 0.2) is 11.9 Å². The Morgan fingerprint density at radius 2 is 1.42 bits per heavy atom. The van der Waals surface area contributed by atoms with E-state index in [0.717, 1.165) is 51.1 Å². The summed E-state index contributed by atoms with van der Waals surface area (Å²) in [7, 11) is 1.79. The maximum absolute atomic E-state index is 12.9. The van der Waals surface area contributed by atoms with E-state index in [9.17, 15) is 35.9 Å². The number of alkyl halides is 6. The van der Waals surface area contributed by atoms with Crippen molar-refractivity contribution in [1.29, 1.82) is 0 Å². The Morgan fingerprint density at radius 1 is 0.742 bits per heavy atom. The average molecular weight is 914 g/mol. The molecular formula is C46H45F6N11O3. The molecule has 8 rings (SSSR count). The Hall–Kier alpha value is -7.35. The molecule has 7 aromatic rings. The van der Waals surface area contributed by atoms with Crippen molar-refractivity contribution < 1.29 is 40.7 Å². The van der Waals surface area contributed by atoms with Crippen molar-refractivity contribution in [2.24, 2.45) is 0 Å². The van der Waals surface area contributed by atoms with Crippen molar-refractivity contribution in [3.05, 3.63) is 114 Å². The lowest BCUT2D eigenvalue weighted by molar-refractivity contribution is -0.245. The maximum atomic E-state index is 12.9. The molecule has 2 atom stereocenters. The number of nitrogen functional groups attached to an aromatic ring is 1. The quantitative estimate of drug-likeness (QED) is 0.106. The van der Waals surface area contributed by atoms with Crippen LogP contribution in [0.4, 0.5) is 49.5 Å². The molecular weight excluding hydrogens is 869 g/mol. The number of carbonyl (C=O) groups is 2. The molecule has 2 amide bonds. The number of amides is 2. The topological polar surface area (TPSA) is 196 Å². The van der Waals surface area contributed by atoms with E-state index in [1.807, 2.05) is 51.1 Å². The van der Waals surface area contributed by atoms with Gasteiger partial charge >= 0.3 is 12.4 Å². The highest BCUT2D eigenvalue weighted by atomic mass is 19.4. The van der Waals surface area contributed by atoms with Crippen LogP contribution in [0.5, 0.6) is 0 Å². The number of anilines is 4. The van der Waals surface area contributed by atoms with Gasteiger partial charge < -0.3 is 26.4 Å². The van der Waals surface area contributed by atoms with Gasteiger partial charge in [-0.15, -0.1) is 5.10 Å². The van der Waals surface area contributed by atoms with Crippen LogP contribution in [0.2, 0.25) is 0 Å². The van der Waals surface area contributed by atoms with Gasteiger partial charge in [-0.1, -0.05) is 19.9 Å². The lowest BCUT2D eigenvalue weighted by Crippen LogP contribution is -2.39. The second kappa shape index (κ2) is 20.7. The number of rotatable bonds is 8. The molecule has 66 heavy (non-hydrogen) atoms. The van der Waals surface area contributed by atoms with Gasteiger partial charge in [0.25, 0.3) is 5.91 Å². The fourth-order valence-corrected chi connectivity index (χ4v) is 6.93. The second-order valence-corrected chi connectivity index (χ2v) is 14.9. The summed E-state index contributed by atoms with van der Waals surface area (Å²) in [6.07, 6.45) is -3.24. The average Bonchev–Trinajstić information content (AvgIpc) is 3.30. The van der Waals surface area contributed by atoms with Crippen LogP contribution in [-0.2, 0) is 15.7 Å². The number of benzene rings is 1. The summed E-state index contributed by atoms with van der Waals surface area (Å²) in [5.41, 5.74) is 11.0. The largest absolute Gasteiger partial charge is 0.416 e. The van der Waals surface area contributed by atoms with Gasteiger partial charge in [-0.25, -0.2) is 9.97 Å². The first-order valence-electron chi connectivity index (χ1n) is 20.7. The molecule has 7 heterocycles. The monoisotopic (exact) mass is 913 g/mol. The van der Waals surface area contributed by atoms with Crippen molar-refractivity contribution in [1.82, 2.24) is 35.1 Å². The highest BCUT2D eigenvalue weighted by Gasteiger charge is 2.43. The minimum atomic E-state index is -4.59. The normalized spacial score (nSPS) is 14.9. The summed E-state index contributed by atoms with van der Waals surface area (Å²) in [4.78, 5) is 45.9. The summed E-state index contributed by atoms with van der Waals surface area (Å²) >= 11 is 0. The summed E-state index contributed by atoms with van der Waals surface area (Å²) in [6.45, 7) is 7.69.